The minimum atomic E-state index is -1.24. The highest BCUT2D eigenvalue weighted by atomic mass is 16.6. The van der Waals surface area contributed by atoms with Crippen LogP contribution in [0.25, 0.3) is 0 Å². The number of aliphatic hydroxyl groups is 2. The predicted molar refractivity (Wildman–Crippen MR) is 138 cm³/mol. The van der Waals surface area contributed by atoms with Gasteiger partial charge in [0.15, 0.2) is 5.60 Å². The third-order valence-electron chi connectivity index (χ3n) is 6.93. The number of likely N-dealkylation sites (tertiary alicyclic amines) is 1. The first-order chi connectivity index (χ1) is 17.4. The number of nitrogens with zero attached hydrogens (tertiary/aromatic N) is 2. The van der Waals surface area contributed by atoms with E-state index in [4.69, 9.17) is 4.74 Å². The molecule has 2 aromatic rings. The average molecular weight is 507 g/mol. The standard InChI is InChI=1S/C29H34N2O6/c1-21(23-12-10-22(11-13-23)14-15-28(35)19-30(20-28)25(32)36-4)31-17-16-29(37-26(31)33,18-27(2,3)34)24-8-6-5-7-9-24/h5-13,21,34-35H,16-20H2,1-4H3. The summed E-state index contributed by atoms with van der Waals surface area (Å²) in [7, 11) is 1.30. The summed E-state index contributed by atoms with van der Waals surface area (Å²) in [6.45, 7) is 6.10. The Balaban J connectivity index is 1.43. The third-order valence-corrected chi connectivity index (χ3v) is 6.93. The number of carbonyl (C=O) groups excluding carboxylic acids is 2. The molecule has 37 heavy (non-hydrogen) atoms. The van der Waals surface area contributed by atoms with E-state index in [0.717, 1.165) is 16.7 Å². The van der Waals surface area contributed by atoms with Crippen molar-refractivity contribution in [2.45, 2.75) is 56.5 Å². The Labute approximate surface area is 217 Å². The maximum Gasteiger partial charge on any atom is 0.411 e. The van der Waals surface area contributed by atoms with Crippen LogP contribution in [0.5, 0.6) is 0 Å². The van der Waals surface area contributed by atoms with Gasteiger partial charge in [-0.15, -0.1) is 0 Å². The Morgan fingerprint density at radius 2 is 1.81 bits per heavy atom. The van der Waals surface area contributed by atoms with Crippen molar-refractivity contribution in [3.05, 3.63) is 71.3 Å². The number of hydrogen-bond acceptors (Lipinski definition) is 6. The molecule has 2 N–H and O–H groups in total. The second-order valence-electron chi connectivity index (χ2n) is 10.6. The summed E-state index contributed by atoms with van der Waals surface area (Å²) in [5, 5.41) is 21.0. The number of hydrogen-bond donors (Lipinski definition) is 2. The minimum absolute atomic E-state index is 0.108. The second kappa shape index (κ2) is 10.1. The molecule has 2 unspecified atom stereocenters. The molecule has 2 heterocycles. The zero-order valence-electron chi connectivity index (χ0n) is 21.7. The van der Waals surface area contributed by atoms with E-state index in [9.17, 15) is 19.8 Å². The second-order valence-corrected chi connectivity index (χ2v) is 10.6. The van der Waals surface area contributed by atoms with Crippen molar-refractivity contribution >= 4 is 12.2 Å². The highest BCUT2D eigenvalue weighted by Crippen LogP contribution is 2.42. The van der Waals surface area contributed by atoms with Crippen LogP contribution >= 0.6 is 0 Å². The number of ether oxygens (including phenoxy) is 2. The van der Waals surface area contributed by atoms with Crippen molar-refractivity contribution in [3.63, 3.8) is 0 Å². The molecule has 2 aromatic carbocycles. The van der Waals surface area contributed by atoms with Crippen LogP contribution in [0, 0.1) is 11.8 Å². The zero-order valence-corrected chi connectivity index (χ0v) is 21.7. The number of cyclic esters (lactones) is 1. The Hall–Kier alpha value is -3.54. The molecule has 0 aromatic heterocycles. The lowest BCUT2D eigenvalue weighted by Crippen LogP contribution is -2.62. The molecule has 0 spiro atoms. The van der Waals surface area contributed by atoms with Crippen LogP contribution in [0.2, 0.25) is 0 Å². The van der Waals surface area contributed by atoms with Gasteiger partial charge in [0, 0.05) is 24.9 Å². The SMILES string of the molecule is COC(=O)N1CC(O)(C#Cc2ccc(C(C)N3CCC(CC(C)(C)O)(c4ccccc4)OC3=O)cc2)C1. The number of methoxy groups -OCH3 is 1. The molecule has 8 nitrogen and oxygen atoms in total. The van der Waals surface area contributed by atoms with Crippen LogP contribution in [0.1, 0.15) is 56.3 Å². The van der Waals surface area contributed by atoms with Crippen molar-refractivity contribution in [1.82, 2.24) is 9.80 Å². The summed E-state index contributed by atoms with van der Waals surface area (Å²) in [6.07, 6.45) is -0.0445. The molecule has 0 radical (unpaired) electrons. The van der Waals surface area contributed by atoms with E-state index in [1.165, 1.54) is 12.0 Å². The van der Waals surface area contributed by atoms with E-state index in [1.807, 2.05) is 61.5 Å². The Kier molecular flexibility index (Phi) is 7.22. The van der Waals surface area contributed by atoms with Crippen molar-refractivity contribution in [2.75, 3.05) is 26.7 Å². The largest absolute Gasteiger partial charge is 0.453 e. The van der Waals surface area contributed by atoms with E-state index in [2.05, 4.69) is 16.6 Å². The van der Waals surface area contributed by atoms with Gasteiger partial charge in [0.25, 0.3) is 0 Å². The number of rotatable bonds is 5. The lowest BCUT2D eigenvalue weighted by atomic mass is 9.80. The number of amides is 2. The maximum atomic E-state index is 13.2. The van der Waals surface area contributed by atoms with E-state index in [-0.39, 0.29) is 19.1 Å². The molecule has 2 amide bonds. The van der Waals surface area contributed by atoms with Gasteiger partial charge >= 0.3 is 12.2 Å². The molecule has 4 rings (SSSR count). The smallest absolute Gasteiger partial charge is 0.411 e. The zero-order chi connectivity index (χ0) is 26.8. The molecular weight excluding hydrogens is 472 g/mol. The molecule has 2 atom stereocenters. The van der Waals surface area contributed by atoms with Gasteiger partial charge in [-0.25, -0.2) is 9.59 Å². The highest BCUT2D eigenvalue weighted by Gasteiger charge is 2.46. The molecule has 2 saturated heterocycles. The quantitative estimate of drug-likeness (QED) is 0.599. The van der Waals surface area contributed by atoms with Gasteiger partial charge in [0.05, 0.1) is 31.8 Å². The Bertz CT molecular complexity index is 1190. The minimum Gasteiger partial charge on any atom is -0.453 e. The first-order valence-electron chi connectivity index (χ1n) is 12.4. The third kappa shape index (κ3) is 5.90. The van der Waals surface area contributed by atoms with Gasteiger partial charge < -0.3 is 29.5 Å². The lowest BCUT2D eigenvalue weighted by molar-refractivity contribution is -0.101. The fourth-order valence-electron chi connectivity index (χ4n) is 5.03. The van der Waals surface area contributed by atoms with Gasteiger partial charge in [0.2, 0.25) is 0 Å². The van der Waals surface area contributed by atoms with E-state index in [0.29, 0.717) is 19.4 Å². The number of β-amino-alcohol motifs (C(OH)–C–C–N with tert-alkyl or cyclic N) is 1. The average Bonchev–Trinajstić information content (AvgIpc) is 2.85. The molecule has 196 valence electrons. The van der Waals surface area contributed by atoms with Crippen molar-refractivity contribution in [3.8, 4) is 11.8 Å². The number of carbonyl (C=O) groups is 2. The maximum absolute atomic E-state index is 13.2. The van der Waals surface area contributed by atoms with Gasteiger partial charge in [-0.3, -0.25) is 0 Å². The van der Waals surface area contributed by atoms with Crippen LogP contribution < -0.4 is 0 Å². The van der Waals surface area contributed by atoms with E-state index in [1.54, 1.807) is 18.7 Å². The normalized spacial score (nSPS) is 21.7. The molecular formula is C29H34N2O6. The molecule has 8 heteroatoms. The summed E-state index contributed by atoms with van der Waals surface area (Å²) >= 11 is 0. The molecule has 2 fully saturated rings. The van der Waals surface area contributed by atoms with Gasteiger partial charge in [-0.2, -0.15) is 0 Å². The van der Waals surface area contributed by atoms with Crippen molar-refractivity contribution in [2.24, 2.45) is 0 Å². The fourth-order valence-corrected chi connectivity index (χ4v) is 5.03. The Morgan fingerprint density at radius 3 is 2.38 bits per heavy atom. The molecule has 0 aliphatic carbocycles. The number of benzene rings is 2. The van der Waals surface area contributed by atoms with Crippen molar-refractivity contribution < 1.29 is 29.3 Å². The van der Waals surface area contributed by atoms with Crippen LogP contribution in [0.15, 0.2) is 54.6 Å². The van der Waals surface area contributed by atoms with Crippen LogP contribution in [-0.4, -0.2) is 70.1 Å². The molecule has 2 aliphatic heterocycles. The topological polar surface area (TPSA) is 99.5 Å². The summed E-state index contributed by atoms with van der Waals surface area (Å²) in [5.74, 6) is 5.80. The highest BCUT2D eigenvalue weighted by molar-refractivity contribution is 5.70. The first-order valence-corrected chi connectivity index (χ1v) is 12.4. The first kappa shape index (κ1) is 26.5. The van der Waals surface area contributed by atoms with Gasteiger partial charge in [0.1, 0.15) is 5.60 Å². The van der Waals surface area contributed by atoms with Crippen LogP contribution in [0.4, 0.5) is 9.59 Å². The van der Waals surface area contributed by atoms with E-state index >= 15 is 0 Å². The van der Waals surface area contributed by atoms with Crippen LogP contribution in [-0.2, 0) is 15.1 Å². The van der Waals surface area contributed by atoms with Crippen molar-refractivity contribution in [1.29, 1.82) is 0 Å². The van der Waals surface area contributed by atoms with Gasteiger partial charge in [-0.05, 0) is 44.0 Å². The summed E-state index contributed by atoms with van der Waals surface area (Å²) in [6, 6.07) is 16.9. The summed E-state index contributed by atoms with van der Waals surface area (Å²) < 4.78 is 10.7. The molecule has 0 bridgehead atoms. The van der Waals surface area contributed by atoms with E-state index < -0.39 is 29.0 Å². The monoisotopic (exact) mass is 506 g/mol. The Morgan fingerprint density at radius 1 is 1.16 bits per heavy atom. The van der Waals surface area contributed by atoms with Gasteiger partial charge in [-0.1, -0.05) is 54.3 Å². The fraction of sp³-hybridized carbons (Fsp3) is 0.448. The molecule has 2 aliphatic rings. The van der Waals surface area contributed by atoms with Crippen LogP contribution in [0.3, 0.4) is 0 Å². The lowest BCUT2D eigenvalue weighted by Gasteiger charge is -2.45. The predicted octanol–water partition coefficient (Wildman–Crippen LogP) is 3.81. The summed E-state index contributed by atoms with van der Waals surface area (Å²) in [5.41, 5.74) is -0.621. The molecule has 0 saturated carbocycles. The summed E-state index contributed by atoms with van der Waals surface area (Å²) in [4.78, 5) is 27.8.